The Balaban J connectivity index is 1.29. The third kappa shape index (κ3) is 9.41. The second-order valence-corrected chi connectivity index (χ2v) is 13.1. The van der Waals surface area contributed by atoms with Crippen molar-refractivity contribution in [2.75, 3.05) is 20.1 Å². The number of rotatable bonds is 12. The number of hydrogen-bond donors (Lipinski definition) is 0. The number of halogens is 3. The van der Waals surface area contributed by atoms with Crippen LogP contribution in [0.4, 0.5) is 13.2 Å². The Morgan fingerprint density at radius 3 is 2.12 bits per heavy atom. The van der Waals surface area contributed by atoms with Crippen molar-refractivity contribution in [3.8, 4) is 11.3 Å². The van der Waals surface area contributed by atoms with Gasteiger partial charge in [-0.1, -0.05) is 103 Å². The molecule has 6 nitrogen and oxygen atoms in total. The molecule has 0 N–H and O–H groups in total. The number of aromatic nitrogens is 1. The summed E-state index contributed by atoms with van der Waals surface area (Å²) < 4.78 is 39.6. The van der Waals surface area contributed by atoms with Crippen LogP contribution in [0.15, 0.2) is 140 Å². The van der Waals surface area contributed by atoms with Gasteiger partial charge in [0.05, 0.1) is 11.3 Å². The SMILES string of the molecule is CN(C(=O)[C@H](Cc1ccccc1)N(Cc1ccc(-c2ccccn2)cc1)C(=O)C=Cc1ccc(C(F)(F)F)cc1)C1CCN(Cc2ccccc2)C1. The van der Waals surface area contributed by atoms with Crippen molar-refractivity contribution in [2.24, 2.45) is 0 Å². The topological polar surface area (TPSA) is 56.8 Å². The van der Waals surface area contributed by atoms with Crippen LogP contribution in [0.25, 0.3) is 17.3 Å². The molecule has 0 spiro atoms. The number of carbonyl (C=O) groups is 2. The van der Waals surface area contributed by atoms with E-state index in [1.54, 1.807) is 16.0 Å². The molecule has 2 heterocycles. The van der Waals surface area contributed by atoms with E-state index in [1.807, 2.05) is 98.0 Å². The van der Waals surface area contributed by atoms with Gasteiger partial charge in [-0.2, -0.15) is 13.2 Å². The van der Waals surface area contributed by atoms with Crippen LogP contribution < -0.4 is 0 Å². The molecule has 6 rings (SSSR count). The quantitative estimate of drug-likeness (QED) is 0.123. The molecule has 1 fully saturated rings. The van der Waals surface area contributed by atoms with E-state index >= 15 is 0 Å². The number of pyridine rings is 1. The summed E-state index contributed by atoms with van der Waals surface area (Å²) in [4.78, 5) is 39.0. The minimum absolute atomic E-state index is 0.0354. The molecule has 2 amide bonds. The number of hydrogen-bond acceptors (Lipinski definition) is 4. The first kappa shape index (κ1) is 36.3. The van der Waals surface area contributed by atoms with Gasteiger partial charge in [-0.05, 0) is 59.0 Å². The first-order valence-electron chi connectivity index (χ1n) is 17.4. The van der Waals surface area contributed by atoms with E-state index in [0.29, 0.717) is 12.1 Å². The lowest BCUT2D eigenvalue weighted by molar-refractivity contribution is -0.144. The van der Waals surface area contributed by atoms with Crippen molar-refractivity contribution in [1.82, 2.24) is 19.7 Å². The average Bonchev–Trinajstić information content (AvgIpc) is 3.64. The van der Waals surface area contributed by atoms with Crippen molar-refractivity contribution in [3.05, 3.63) is 167 Å². The Kier molecular flexibility index (Phi) is 11.6. The van der Waals surface area contributed by atoms with Crippen molar-refractivity contribution in [3.63, 3.8) is 0 Å². The molecule has 0 bridgehead atoms. The van der Waals surface area contributed by atoms with Crippen LogP contribution in [0, 0.1) is 0 Å². The number of nitrogens with zero attached hydrogens (tertiary/aromatic N) is 4. The lowest BCUT2D eigenvalue weighted by Gasteiger charge is -2.35. The summed E-state index contributed by atoms with van der Waals surface area (Å²) in [7, 11) is 1.82. The highest BCUT2D eigenvalue weighted by molar-refractivity contribution is 5.95. The highest BCUT2D eigenvalue weighted by Gasteiger charge is 2.36. The standard InChI is InChI=1S/C43H41F3N4O2/c1-48(38-25-27-49(31-38)29-34-12-6-3-7-13-34)42(52)40(28-33-10-4-2-5-11-33)50(30-35-15-20-36(21-16-35)39-14-8-9-26-47-39)41(51)24-19-32-17-22-37(23-18-32)43(44,45)46/h2-24,26,38,40H,25,27-31H2,1H3/t38?,40-/m0/s1. The van der Waals surface area contributed by atoms with Gasteiger partial charge in [-0.25, -0.2) is 0 Å². The molecule has 52 heavy (non-hydrogen) atoms. The third-order valence-electron chi connectivity index (χ3n) is 9.53. The molecular weight excluding hydrogens is 661 g/mol. The normalized spacial score (nSPS) is 15.4. The van der Waals surface area contributed by atoms with E-state index in [4.69, 9.17) is 0 Å². The zero-order chi connectivity index (χ0) is 36.5. The molecule has 1 aliphatic rings. The van der Waals surface area contributed by atoms with Crippen LogP contribution in [0.5, 0.6) is 0 Å². The predicted octanol–water partition coefficient (Wildman–Crippen LogP) is 8.15. The molecule has 0 radical (unpaired) electrons. The predicted molar refractivity (Wildman–Crippen MR) is 198 cm³/mol. The second kappa shape index (κ2) is 16.7. The lowest BCUT2D eigenvalue weighted by atomic mass is 10.0. The molecule has 1 aromatic heterocycles. The molecule has 266 valence electrons. The lowest BCUT2D eigenvalue weighted by Crippen LogP contribution is -2.53. The van der Waals surface area contributed by atoms with Gasteiger partial charge in [0.25, 0.3) is 0 Å². The van der Waals surface area contributed by atoms with Gasteiger partial charge in [0.2, 0.25) is 11.8 Å². The van der Waals surface area contributed by atoms with Crippen LogP contribution in [0.3, 0.4) is 0 Å². The van der Waals surface area contributed by atoms with Crippen LogP contribution in [-0.2, 0) is 35.3 Å². The number of likely N-dealkylation sites (tertiary alicyclic amines) is 1. The Morgan fingerprint density at radius 1 is 0.827 bits per heavy atom. The van der Waals surface area contributed by atoms with Gasteiger partial charge in [0, 0.05) is 63.5 Å². The molecule has 1 saturated heterocycles. The number of benzene rings is 4. The summed E-state index contributed by atoms with van der Waals surface area (Å²) >= 11 is 0. The van der Waals surface area contributed by atoms with E-state index in [0.717, 1.165) is 54.0 Å². The van der Waals surface area contributed by atoms with Crippen molar-refractivity contribution in [1.29, 1.82) is 0 Å². The summed E-state index contributed by atoms with van der Waals surface area (Å²) in [5.41, 5.74) is 4.34. The zero-order valence-corrected chi connectivity index (χ0v) is 29.0. The van der Waals surface area contributed by atoms with E-state index in [-0.39, 0.29) is 24.9 Å². The van der Waals surface area contributed by atoms with Crippen LogP contribution in [-0.4, -0.2) is 63.7 Å². The van der Waals surface area contributed by atoms with E-state index in [1.165, 1.54) is 29.8 Å². The molecule has 9 heteroatoms. The Bertz CT molecular complexity index is 1930. The minimum Gasteiger partial charge on any atom is -0.340 e. The Morgan fingerprint density at radius 2 is 1.48 bits per heavy atom. The third-order valence-corrected chi connectivity index (χ3v) is 9.53. The fourth-order valence-corrected chi connectivity index (χ4v) is 6.60. The smallest absolute Gasteiger partial charge is 0.340 e. The molecule has 0 aliphatic carbocycles. The molecule has 4 aromatic carbocycles. The Labute approximate surface area is 302 Å². The highest BCUT2D eigenvalue weighted by atomic mass is 19.4. The first-order valence-corrected chi connectivity index (χ1v) is 17.4. The maximum atomic E-state index is 14.7. The summed E-state index contributed by atoms with van der Waals surface area (Å²) in [6.07, 6.45) is 1.20. The van der Waals surface area contributed by atoms with Crippen molar-refractivity contribution < 1.29 is 22.8 Å². The monoisotopic (exact) mass is 702 g/mol. The average molecular weight is 703 g/mol. The largest absolute Gasteiger partial charge is 0.416 e. The van der Waals surface area contributed by atoms with E-state index in [2.05, 4.69) is 22.0 Å². The van der Waals surface area contributed by atoms with Crippen LogP contribution in [0.2, 0.25) is 0 Å². The Hall–Kier alpha value is -5.54. The van der Waals surface area contributed by atoms with Gasteiger partial charge in [-0.15, -0.1) is 0 Å². The van der Waals surface area contributed by atoms with Gasteiger partial charge >= 0.3 is 6.18 Å². The van der Waals surface area contributed by atoms with Crippen molar-refractivity contribution >= 4 is 17.9 Å². The maximum absolute atomic E-state index is 14.7. The molecule has 5 aromatic rings. The van der Waals surface area contributed by atoms with Crippen LogP contribution >= 0.6 is 0 Å². The zero-order valence-electron chi connectivity index (χ0n) is 29.0. The van der Waals surface area contributed by atoms with E-state index < -0.39 is 23.7 Å². The fraction of sp³-hybridized carbons (Fsp3) is 0.233. The molecule has 0 saturated carbocycles. The van der Waals surface area contributed by atoms with Gasteiger partial charge in [0.1, 0.15) is 6.04 Å². The summed E-state index contributed by atoms with van der Waals surface area (Å²) in [6, 6.07) is 37.0. The molecule has 1 unspecified atom stereocenters. The van der Waals surface area contributed by atoms with Gasteiger partial charge in [0.15, 0.2) is 0 Å². The second-order valence-electron chi connectivity index (χ2n) is 13.1. The maximum Gasteiger partial charge on any atom is 0.416 e. The molecule has 2 atom stereocenters. The molecular formula is C43H41F3N4O2. The van der Waals surface area contributed by atoms with Crippen molar-refractivity contribution in [2.45, 2.75) is 44.2 Å². The fourth-order valence-electron chi connectivity index (χ4n) is 6.60. The summed E-state index contributed by atoms with van der Waals surface area (Å²) in [6.45, 7) is 2.49. The summed E-state index contributed by atoms with van der Waals surface area (Å²) in [5.74, 6) is -0.592. The first-order chi connectivity index (χ1) is 25.1. The molecule has 1 aliphatic heterocycles. The van der Waals surface area contributed by atoms with E-state index in [9.17, 15) is 22.8 Å². The number of likely N-dealkylation sites (N-methyl/N-ethyl adjacent to an activating group) is 1. The minimum atomic E-state index is -4.46. The van der Waals surface area contributed by atoms with Crippen LogP contribution in [0.1, 0.15) is 34.2 Å². The number of carbonyl (C=O) groups excluding carboxylic acids is 2. The van der Waals surface area contributed by atoms with Gasteiger partial charge in [-0.3, -0.25) is 19.5 Å². The highest BCUT2D eigenvalue weighted by Crippen LogP contribution is 2.29. The van der Waals surface area contributed by atoms with Gasteiger partial charge < -0.3 is 9.80 Å². The number of alkyl halides is 3. The number of amides is 2. The summed E-state index contributed by atoms with van der Waals surface area (Å²) in [5, 5.41) is 0.